The second-order valence-electron chi connectivity index (χ2n) is 5.77. The lowest BCUT2D eigenvalue weighted by atomic mass is 10.1. The molecule has 0 spiro atoms. The molecular weight excluding hydrogens is 252 g/mol. The van der Waals surface area contributed by atoms with Crippen LogP contribution in [0.2, 0.25) is 0 Å². The van der Waals surface area contributed by atoms with Crippen molar-refractivity contribution in [1.82, 2.24) is 19.8 Å². The molecule has 20 heavy (non-hydrogen) atoms. The molecule has 2 fully saturated rings. The van der Waals surface area contributed by atoms with Crippen LogP contribution in [0.4, 0.5) is 0 Å². The molecule has 0 saturated carbocycles. The average molecular weight is 278 g/mol. The lowest BCUT2D eigenvalue weighted by Crippen LogP contribution is -2.51. The van der Waals surface area contributed by atoms with Crippen LogP contribution in [0.5, 0.6) is 0 Å². The van der Waals surface area contributed by atoms with E-state index in [1.54, 1.807) is 0 Å². The highest BCUT2D eigenvalue weighted by Crippen LogP contribution is 2.28. The van der Waals surface area contributed by atoms with Crippen molar-refractivity contribution in [2.45, 2.75) is 51.4 Å². The van der Waals surface area contributed by atoms with E-state index in [1.807, 2.05) is 6.20 Å². The molecule has 112 valence electrons. The number of aryl methyl sites for hydroxylation is 1. The lowest BCUT2D eigenvalue weighted by Gasteiger charge is -2.38. The van der Waals surface area contributed by atoms with Crippen LogP contribution in [-0.4, -0.2) is 52.8 Å². The normalized spacial score (nSPS) is 28.5. The number of nitrogens with one attached hydrogen (secondary N) is 1. The summed E-state index contributed by atoms with van der Waals surface area (Å²) in [6, 6.07) is 0.843. The Kier molecular flexibility index (Phi) is 4.38. The molecule has 3 atom stereocenters. The minimum Gasteiger partial charge on any atom is -0.373 e. The van der Waals surface area contributed by atoms with Gasteiger partial charge in [0.25, 0.3) is 0 Å². The molecule has 3 heterocycles. The van der Waals surface area contributed by atoms with Crippen LogP contribution in [0.15, 0.2) is 12.4 Å². The molecule has 0 aliphatic carbocycles. The van der Waals surface area contributed by atoms with E-state index in [-0.39, 0.29) is 12.1 Å². The van der Waals surface area contributed by atoms with Crippen LogP contribution < -0.4 is 5.32 Å². The molecule has 0 aromatic carbocycles. The fraction of sp³-hybridized carbons (Fsp3) is 0.800. The summed E-state index contributed by atoms with van der Waals surface area (Å²) in [6.07, 6.45) is 6.77. The number of rotatable bonds is 5. The van der Waals surface area contributed by atoms with Crippen molar-refractivity contribution in [2.24, 2.45) is 0 Å². The number of hydrogen-bond donors (Lipinski definition) is 1. The number of morpholine rings is 1. The topological polar surface area (TPSA) is 42.3 Å². The fourth-order valence-corrected chi connectivity index (χ4v) is 3.52. The molecule has 1 N–H and O–H groups in total. The van der Waals surface area contributed by atoms with Gasteiger partial charge < -0.3 is 14.6 Å². The maximum Gasteiger partial charge on any atom is 0.128 e. The van der Waals surface area contributed by atoms with Gasteiger partial charge in [0.2, 0.25) is 0 Å². The molecule has 2 aliphatic rings. The number of imidazole rings is 1. The fourth-order valence-electron chi connectivity index (χ4n) is 3.52. The van der Waals surface area contributed by atoms with Crippen LogP contribution in [0.1, 0.15) is 38.6 Å². The van der Waals surface area contributed by atoms with Crippen molar-refractivity contribution in [2.75, 3.05) is 26.2 Å². The minimum absolute atomic E-state index is 0.191. The van der Waals surface area contributed by atoms with Crippen molar-refractivity contribution >= 4 is 0 Å². The first-order valence-electron chi connectivity index (χ1n) is 7.93. The Bertz CT molecular complexity index is 433. The lowest BCUT2D eigenvalue weighted by molar-refractivity contribution is -0.0667. The van der Waals surface area contributed by atoms with Gasteiger partial charge in [0.05, 0.1) is 18.8 Å². The summed E-state index contributed by atoms with van der Waals surface area (Å²) in [6.45, 7) is 9.32. The first kappa shape index (κ1) is 14.0. The van der Waals surface area contributed by atoms with E-state index in [1.165, 1.54) is 19.4 Å². The zero-order valence-electron chi connectivity index (χ0n) is 12.6. The Hall–Kier alpha value is -0.910. The number of likely N-dealkylation sites (N-methyl/N-ethyl adjacent to an activating group) is 1. The maximum absolute atomic E-state index is 6.17. The van der Waals surface area contributed by atoms with Crippen LogP contribution >= 0.6 is 0 Å². The summed E-state index contributed by atoms with van der Waals surface area (Å²) in [4.78, 5) is 7.16. The molecule has 0 radical (unpaired) electrons. The Morgan fingerprint density at radius 2 is 2.40 bits per heavy atom. The molecule has 1 aromatic heterocycles. The molecule has 3 unspecified atom stereocenters. The highest BCUT2D eigenvalue weighted by molar-refractivity contribution is 5.04. The van der Waals surface area contributed by atoms with Gasteiger partial charge in [-0.25, -0.2) is 4.98 Å². The quantitative estimate of drug-likeness (QED) is 0.884. The van der Waals surface area contributed by atoms with Gasteiger partial charge in [0, 0.05) is 31.5 Å². The van der Waals surface area contributed by atoms with Crippen molar-refractivity contribution in [3.63, 3.8) is 0 Å². The number of fused-ring (bicyclic) bond motifs is 1. The summed E-state index contributed by atoms with van der Waals surface area (Å²) in [5.41, 5.74) is 0. The first-order valence-corrected chi connectivity index (χ1v) is 7.93. The van der Waals surface area contributed by atoms with Gasteiger partial charge in [0.15, 0.2) is 0 Å². The first-order chi connectivity index (χ1) is 9.83. The Labute approximate surface area is 121 Å². The number of nitrogens with zero attached hydrogens (tertiary/aromatic N) is 3. The molecular formula is C15H26N4O. The molecule has 1 aromatic rings. The van der Waals surface area contributed by atoms with Crippen LogP contribution in [0, 0.1) is 0 Å². The van der Waals surface area contributed by atoms with Crippen molar-refractivity contribution in [3.05, 3.63) is 18.2 Å². The predicted octanol–water partition coefficient (Wildman–Crippen LogP) is 1.42. The van der Waals surface area contributed by atoms with Crippen molar-refractivity contribution in [1.29, 1.82) is 0 Å². The van der Waals surface area contributed by atoms with Gasteiger partial charge >= 0.3 is 0 Å². The zero-order valence-corrected chi connectivity index (χ0v) is 12.6. The smallest absolute Gasteiger partial charge is 0.128 e. The van der Waals surface area contributed by atoms with Crippen molar-refractivity contribution < 1.29 is 4.74 Å². The molecule has 5 nitrogen and oxygen atoms in total. The monoisotopic (exact) mass is 278 g/mol. The van der Waals surface area contributed by atoms with Gasteiger partial charge in [-0.1, -0.05) is 6.92 Å². The van der Waals surface area contributed by atoms with E-state index in [0.29, 0.717) is 6.04 Å². The van der Waals surface area contributed by atoms with Gasteiger partial charge in [-0.3, -0.25) is 4.90 Å². The van der Waals surface area contributed by atoms with E-state index in [2.05, 4.69) is 39.8 Å². The third-order valence-electron chi connectivity index (χ3n) is 4.58. The molecule has 2 aliphatic heterocycles. The summed E-state index contributed by atoms with van der Waals surface area (Å²) in [5, 5.41) is 3.57. The molecule has 2 saturated heterocycles. The third kappa shape index (κ3) is 2.62. The molecule has 5 heteroatoms. The summed E-state index contributed by atoms with van der Waals surface area (Å²) in [5.74, 6) is 1.11. The standard InChI is InChI=1S/C15H26N4O/c1-3-16-14(15-17-7-9-18(15)4-2)13-10-19-8-5-6-12(19)11-20-13/h7,9,12-14,16H,3-6,8,10-11H2,1-2H3. The number of hydrogen-bond acceptors (Lipinski definition) is 4. The Balaban J connectivity index is 1.76. The van der Waals surface area contributed by atoms with Gasteiger partial charge in [0.1, 0.15) is 5.82 Å². The molecule has 0 bridgehead atoms. The van der Waals surface area contributed by atoms with E-state index < -0.39 is 0 Å². The third-order valence-corrected chi connectivity index (χ3v) is 4.58. The Morgan fingerprint density at radius 1 is 1.50 bits per heavy atom. The summed E-state index contributed by atoms with van der Waals surface area (Å²) in [7, 11) is 0. The van der Waals surface area contributed by atoms with Gasteiger partial charge in [-0.15, -0.1) is 0 Å². The highest BCUT2D eigenvalue weighted by Gasteiger charge is 2.37. The van der Waals surface area contributed by atoms with Gasteiger partial charge in [-0.2, -0.15) is 0 Å². The summed E-state index contributed by atoms with van der Waals surface area (Å²) < 4.78 is 8.39. The average Bonchev–Trinajstić information content (AvgIpc) is 3.12. The van der Waals surface area contributed by atoms with Crippen LogP contribution in [0.25, 0.3) is 0 Å². The van der Waals surface area contributed by atoms with E-state index in [4.69, 9.17) is 4.74 Å². The van der Waals surface area contributed by atoms with E-state index in [9.17, 15) is 0 Å². The van der Waals surface area contributed by atoms with Crippen LogP contribution in [0.3, 0.4) is 0 Å². The SMILES string of the molecule is CCNC(c1nccn1CC)C1CN2CCCC2CO1. The van der Waals surface area contributed by atoms with E-state index >= 15 is 0 Å². The Morgan fingerprint density at radius 3 is 3.20 bits per heavy atom. The van der Waals surface area contributed by atoms with E-state index in [0.717, 1.165) is 32.1 Å². The molecule has 0 amide bonds. The largest absolute Gasteiger partial charge is 0.373 e. The second kappa shape index (κ2) is 6.24. The summed E-state index contributed by atoms with van der Waals surface area (Å²) >= 11 is 0. The molecule has 3 rings (SSSR count). The number of aromatic nitrogens is 2. The zero-order chi connectivity index (χ0) is 13.9. The maximum atomic E-state index is 6.17. The van der Waals surface area contributed by atoms with Gasteiger partial charge in [-0.05, 0) is 32.9 Å². The second-order valence-corrected chi connectivity index (χ2v) is 5.77. The minimum atomic E-state index is 0.191. The number of ether oxygens (including phenoxy) is 1. The highest BCUT2D eigenvalue weighted by atomic mass is 16.5. The predicted molar refractivity (Wildman–Crippen MR) is 78.7 cm³/mol. The van der Waals surface area contributed by atoms with Crippen LogP contribution in [-0.2, 0) is 11.3 Å². The van der Waals surface area contributed by atoms with Crippen molar-refractivity contribution in [3.8, 4) is 0 Å².